The fourth-order valence-electron chi connectivity index (χ4n) is 2.10. The fraction of sp³-hybridized carbons (Fsp3) is 0.529. The van der Waals surface area contributed by atoms with Crippen molar-refractivity contribution in [3.63, 3.8) is 0 Å². The van der Waals surface area contributed by atoms with Gasteiger partial charge in [0.05, 0.1) is 43.2 Å². The van der Waals surface area contributed by atoms with Crippen LogP contribution in [0.1, 0.15) is 42.6 Å². The highest BCUT2D eigenvalue weighted by atomic mass is 31.2. The lowest BCUT2D eigenvalue weighted by atomic mass is 10.1. The van der Waals surface area contributed by atoms with Crippen LogP contribution in [0.3, 0.4) is 0 Å². The molecule has 0 radical (unpaired) electrons. The van der Waals surface area contributed by atoms with E-state index in [4.69, 9.17) is 19.0 Å². The third-order valence-electron chi connectivity index (χ3n) is 3.22. The molecule has 0 spiro atoms. The Morgan fingerprint density at radius 3 is 2.36 bits per heavy atom. The number of hydrogen-bond acceptors (Lipinski definition) is 6. The Hall–Kier alpha value is -1.74. The Morgan fingerprint density at radius 1 is 1.24 bits per heavy atom. The van der Waals surface area contributed by atoms with Crippen molar-refractivity contribution in [2.45, 2.75) is 32.9 Å². The Bertz CT molecular complexity index is 619. The minimum Gasteiger partial charge on any atom is -0.462 e. The van der Waals surface area contributed by atoms with Crippen molar-refractivity contribution in [3.8, 4) is 6.07 Å². The second-order valence-corrected chi connectivity index (χ2v) is 7.30. The van der Waals surface area contributed by atoms with Crippen molar-refractivity contribution in [2.24, 2.45) is 0 Å². The molecule has 0 N–H and O–H groups in total. The molecule has 0 fully saturated rings. The van der Waals surface area contributed by atoms with E-state index in [1.807, 2.05) is 6.07 Å². The minimum atomic E-state index is -3.41. The van der Waals surface area contributed by atoms with E-state index in [2.05, 4.69) is 0 Å². The molecule has 0 aliphatic rings. The fourth-order valence-corrected chi connectivity index (χ4v) is 3.84. The molecule has 1 aromatic carbocycles. The van der Waals surface area contributed by atoms with Crippen LogP contribution in [0.4, 0.5) is 4.39 Å². The van der Waals surface area contributed by atoms with E-state index in [1.54, 1.807) is 13.8 Å². The second kappa shape index (κ2) is 11.0. The molecule has 0 amide bonds. The van der Waals surface area contributed by atoms with Gasteiger partial charge in [-0.05, 0) is 51.0 Å². The van der Waals surface area contributed by atoms with Gasteiger partial charge in [0.2, 0.25) is 0 Å². The SMILES string of the molecule is CCOP(=O)(CC(F)CCCOC(=O)c1ccc(C#N)cc1)OCC. The number of carbonyl (C=O) groups excluding carboxylic acids is 1. The number of halogens is 1. The number of benzene rings is 1. The first-order chi connectivity index (χ1) is 11.9. The molecule has 0 aliphatic heterocycles. The van der Waals surface area contributed by atoms with Gasteiger partial charge in [0.15, 0.2) is 0 Å². The first-order valence-corrected chi connectivity index (χ1v) is 9.86. The third kappa shape index (κ3) is 7.78. The molecule has 1 unspecified atom stereocenters. The Labute approximate surface area is 147 Å². The third-order valence-corrected chi connectivity index (χ3v) is 5.36. The van der Waals surface area contributed by atoms with Gasteiger partial charge in [0, 0.05) is 0 Å². The standard InChI is InChI=1S/C17H23FNO5P/c1-3-23-25(21,24-4-2)13-16(18)6-5-11-22-17(20)15-9-7-14(12-19)8-10-15/h7-10,16H,3-6,11,13H2,1-2H3. The monoisotopic (exact) mass is 371 g/mol. The molecule has 0 heterocycles. The molecule has 0 saturated heterocycles. The van der Waals surface area contributed by atoms with E-state index in [9.17, 15) is 13.8 Å². The molecule has 0 aliphatic carbocycles. The molecule has 6 nitrogen and oxygen atoms in total. The summed E-state index contributed by atoms with van der Waals surface area (Å²) in [5.74, 6) is -0.533. The van der Waals surface area contributed by atoms with E-state index in [-0.39, 0.29) is 32.4 Å². The maximum atomic E-state index is 14.0. The summed E-state index contributed by atoms with van der Waals surface area (Å²) < 4.78 is 41.3. The van der Waals surface area contributed by atoms with Crippen molar-refractivity contribution in [3.05, 3.63) is 35.4 Å². The molecule has 1 aromatic rings. The predicted octanol–water partition coefficient (Wildman–Crippen LogP) is 4.10. The number of hydrogen-bond donors (Lipinski definition) is 0. The van der Waals surface area contributed by atoms with Crippen molar-refractivity contribution in [2.75, 3.05) is 26.0 Å². The number of carbonyl (C=O) groups is 1. The normalized spacial score (nSPS) is 12.4. The van der Waals surface area contributed by atoms with Gasteiger partial charge >= 0.3 is 13.6 Å². The molecule has 1 rings (SSSR count). The van der Waals surface area contributed by atoms with Gasteiger partial charge in [-0.3, -0.25) is 4.57 Å². The van der Waals surface area contributed by atoms with Gasteiger partial charge in [0.25, 0.3) is 0 Å². The average molecular weight is 371 g/mol. The molecular formula is C17H23FNO5P. The molecule has 138 valence electrons. The minimum absolute atomic E-state index is 0.0484. The number of nitriles is 1. The van der Waals surface area contributed by atoms with Gasteiger partial charge in [-0.25, -0.2) is 9.18 Å². The number of ether oxygens (including phenoxy) is 1. The van der Waals surface area contributed by atoms with Crippen molar-refractivity contribution < 1.29 is 27.5 Å². The van der Waals surface area contributed by atoms with E-state index in [0.29, 0.717) is 17.5 Å². The second-order valence-electron chi connectivity index (χ2n) is 5.19. The van der Waals surface area contributed by atoms with Gasteiger partial charge in [-0.15, -0.1) is 0 Å². The largest absolute Gasteiger partial charge is 0.462 e. The summed E-state index contributed by atoms with van der Waals surface area (Å²) in [7, 11) is -3.41. The van der Waals surface area contributed by atoms with Crippen LogP contribution < -0.4 is 0 Å². The number of rotatable bonds is 11. The molecule has 8 heteroatoms. The molecule has 0 bridgehead atoms. The topological polar surface area (TPSA) is 85.6 Å². The van der Waals surface area contributed by atoms with E-state index in [1.165, 1.54) is 24.3 Å². The van der Waals surface area contributed by atoms with Gasteiger partial charge in [-0.2, -0.15) is 5.26 Å². The smallest absolute Gasteiger partial charge is 0.338 e. The maximum absolute atomic E-state index is 14.0. The molecule has 1 atom stereocenters. The van der Waals surface area contributed by atoms with Crippen LogP contribution in [-0.2, 0) is 18.3 Å². The maximum Gasteiger partial charge on any atom is 0.338 e. The van der Waals surface area contributed by atoms with Crippen molar-refractivity contribution in [1.82, 2.24) is 0 Å². The average Bonchev–Trinajstić information content (AvgIpc) is 2.58. The van der Waals surface area contributed by atoms with Gasteiger partial charge in [-0.1, -0.05) is 0 Å². The summed E-state index contributed by atoms with van der Waals surface area (Å²) in [5, 5.41) is 8.70. The van der Waals surface area contributed by atoms with E-state index >= 15 is 0 Å². The van der Waals surface area contributed by atoms with Crippen molar-refractivity contribution >= 4 is 13.6 Å². The number of nitrogens with zero attached hydrogens (tertiary/aromatic N) is 1. The summed E-state index contributed by atoms with van der Waals surface area (Å²) in [4.78, 5) is 11.8. The van der Waals surface area contributed by atoms with Crippen LogP contribution in [-0.4, -0.2) is 38.1 Å². The highest BCUT2D eigenvalue weighted by Gasteiger charge is 2.28. The van der Waals surface area contributed by atoms with Crippen LogP contribution in [0.15, 0.2) is 24.3 Å². The lowest BCUT2D eigenvalue weighted by Crippen LogP contribution is -2.13. The molecule has 0 aromatic heterocycles. The zero-order chi connectivity index (χ0) is 18.7. The Kier molecular flexibility index (Phi) is 9.36. The lowest BCUT2D eigenvalue weighted by Gasteiger charge is -2.18. The first-order valence-electron chi connectivity index (χ1n) is 8.13. The van der Waals surface area contributed by atoms with Crippen LogP contribution in [0.25, 0.3) is 0 Å². The zero-order valence-electron chi connectivity index (χ0n) is 14.4. The van der Waals surface area contributed by atoms with E-state index in [0.717, 1.165) is 0 Å². The summed E-state index contributed by atoms with van der Waals surface area (Å²) >= 11 is 0. The Balaban J connectivity index is 2.35. The quantitative estimate of drug-likeness (QED) is 0.331. The lowest BCUT2D eigenvalue weighted by molar-refractivity contribution is 0.0490. The summed E-state index contributed by atoms with van der Waals surface area (Å²) in [5.41, 5.74) is 0.776. The van der Waals surface area contributed by atoms with Crippen LogP contribution in [0, 0.1) is 11.3 Å². The zero-order valence-corrected chi connectivity index (χ0v) is 15.3. The van der Waals surface area contributed by atoms with Gasteiger partial charge in [0.1, 0.15) is 6.17 Å². The number of alkyl halides is 1. The van der Waals surface area contributed by atoms with Crippen LogP contribution >= 0.6 is 7.60 Å². The summed E-state index contributed by atoms with van der Waals surface area (Å²) in [6, 6.07) is 8.00. The number of esters is 1. The first kappa shape index (κ1) is 21.3. The summed E-state index contributed by atoms with van der Waals surface area (Å²) in [6.07, 6.45) is -1.29. The van der Waals surface area contributed by atoms with Crippen LogP contribution in [0.2, 0.25) is 0 Å². The predicted molar refractivity (Wildman–Crippen MR) is 91.3 cm³/mol. The van der Waals surface area contributed by atoms with E-state index < -0.39 is 19.7 Å². The molecule has 25 heavy (non-hydrogen) atoms. The highest BCUT2D eigenvalue weighted by molar-refractivity contribution is 7.53. The van der Waals surface area contributed by atoms with Gasteiger partial charge < -0.3 is 13.8 Å². The van der Waals surface area contributed by atoms with Crippen LogP contribution in [0.5, 0.6) is 0 Å². The highest BCUT2D eigenvalue weighted by Crippen LogP contribution is 2.49. The molecule has 0 saturated carbocycles. The molecular weight excluding hydrogens is 348 g/mol. The summed E-state index contributed by atoms with van der Waals surface area (Å²) in [6.45, 7) is 3.76. The Morgan fingerprint density at radius 2 is 1.84 bits per heavy atom. The van der Waals surface area contributed by atoms with Crippen molar-refractivity contribution in [1.29, 1.82) is 5.26 Å².